The molecule has 0 unspecified atom stereocenters. The molecule has 0 amide bonds. The summed E-state index contributed by atoms with van der Waals surface area (Å²) in [5.74, 6) is -0.241. The second-order valence-electron chi connectivity index (χ2n) is 6.80. The largest absolute Gasteiger partial charge is 0.275 e. The lowest BCUT2D eigenvalue weighted by atomic mass is 10.1. The van der Waals surface area contributed by atoms with Gasteiger partial charge in [0.2, 0.25) is 0 Å². The fourth-order valence-corrected chi connectivity index (χ4v) is 3.35. The second-order valence-corrected chi connectivity index (χ2v) is 6.80. The number of halogens is 1. The van der Waals surface area contributed by atoms with Crippen LogP contribution in [0.2, 0.25) is 0 Å². The molecule has 0 bridgehead atoms. The second kappa shape index (κ2) is 6.50. The maximum atomic E-state index is 13.3. The Bertz CT molecular complexity index is 1100. The fourth-order valence-electron chi connectivity index (χ4n) is 3.35. The van der Waals surface area contributed by atoms with Gasteiger partial charge in [-0.1, -0.05) is 12.1 Å². The Kier molecular flexibility index (Phi) is 4.14. The van der Waals surface area contributed by atoms with Crippen LogP contribution in [0, 0.1) is 19.7 Å². The van der Waals surface area contributed by atoms with Crippen LogP contribution in [-0.2, 0) is 20.6 Å². The van der Waals surface area contributed by atoms with Gasteiger partial charge < -0.3 is 0 Å². The van der Waals surface area contributed by atoms with E-state index >= 15 is 0 Å². The van der Waals surface area contributed by atoms with Gasteiger partial charge in [-0.15, -0.1) is 0 Å². The van der Waals surface area contributed by atoms with Crippen molar-refractivity contribution in [3.05, 3.63) is 65.5 Å². The Labute approximate surface area is 156 Å². The molecule has 0 radical (unpaired) electrons. The van der Waals surface area contributed by atoms with Gasteiger partial charge in [0.15, 0.2) is 0 Å². The van der Waals surface area contributed by atoms with Crippen LogP contribution in [0.3, 0.4) is 0 Å². The van der Waals surface area contributed by atoms with Crippen molar-refractivity contribution in [1.82, 2.24) is 29.3 Å². The third-order valence-corrected chi connectivity index (χ3v) is 4.60. The molecule has 6 nitrogen and oxygen atoms in total. The Hall–Kier alpha value is -3.22. The van der Waals surface area contributed by atoms with Gasteiger partial charge in [-0.05, 0) is 37.6 Å². The van der Waals surface area contributed by atoms with Crippen LogP contribution in [0.5, 0.6) is 0 Å². The molecular weight excluding hydrogens is 343 g/mol. The molecule has 27 heavy (non-hydrogen) atoms. The standard InChI is InChI=1S/C20H21FN6/c1-13-17(11-25(3)22-13)19-9-20(18-12-26(4)23-14(18)2)27(24-19)10-15-5-7-16(21)8-6-15/h5-9,11-12H,10H2,1-4H3. The lowest BCUT2D eigenvalue weighted by Crippen LogP contribution is -2.04. The van der Waals surface area contributed by atoms with Gasteiger partial charge in [-0.3, -0.25) is 14.0 Å². The van der Waals surface area contributed by atoms with Crippen LogP contribution in [0.1, 0.15) is 17.0 Å². The third-order valence-electron chi connectivity index (χ3n) is 4.60. The van der Waals surface area contributed by atoms with E-state index in [0.717, 1.165) is 39.5 Å². The van der Waals surface area contributed by atoms with E-state index < -0.39 is 0 Å². The zero-order valence-corrected chi connectivity index (χ0v) is 15.8. The molecule has 0 aliphatic rings. The van der Waals surface area contributed by atoms with E-state index in [9.17, 15) is 4.39 Å². The number of benzene rings is 1. The molecule has 4 rings (SSSR count). The summed E-state index contributed by atoms with van der Waals surface area (Å²) in [7, 11) is 3.81. The summed E-state index contributed by atoms with van der Waals surface area (Å²) < 4.78 is 18.8. The van der Waals surface area contributed by atoms with Gasteiger partial charge in [-0.2, -0.15) is 15.3 Å². The first-order valence-corrected chi connectivity index (χ1v) is 8.74. The van der Waals surface area contributed by atoms with Gasteiger partial charge in [0.25, 0.3) is 0 Å². The van der Waals surface area contributed by atoms with Crippen molar-refractivity contribution in [2.24, 2.45) is 14.1 Å². The number of aromatic nitrogens is 6. The van der Waals surface area contributed by atoms with Gasteiger partial charge >= 0.3 is 0 Å². The molecule has 4 aromatic rings. The normalized spacial score (nSPS) is 11.3. The first-order chi connectivity index (χ1) is 12.9. The highest BCUT2D eigenvalue weighted by Gasteiger charge is 2.18. The predicted molar refractivity (Wildman–Crippen MR) is 102 cm³/mol. The highest BCUT2D eigenvalue weighted by Crippen LogP contribution is 2.29. The Balaban J connectivity index is 1.83. The summed E-state index contributed by atoms with van der Waals surface area (Å²) in [6, 6.07) is 8.58. The Morgan fingerprint density at radius 2 is 1.44 bits per heavy atom. The monoisotopic (exact) mass is 364 g/mol. The first-order valence-electron chi connectivity index (χ1n) is 8.74. The van der Waals surface area contributed by atoms with Crippen LogP contribution in [-0.4, -0.2) is 29.3 Å². The number of rotatable bonds is 4. The summed E-state index contributed by atoms with van der Waals surface area (Å²) in [5.41, 5.74) is 6.71. The van der Waals surface area contributed by atoms with E-state index in [-0.39, 0.29) is 5.82 Å². The molecule has 0 saturated heterocycles. The molecule has 0 saturated carbocycles. The topological polar surface area (TPSA) is 53.5 Å². The molecule has 0 aliphatic carbocycles. The lowest BCUT2D eigenvalue weighted by molar-refractivity contribution is 0.625. The molecule has 1 aromatic carbocycles. The Morgan fingerprint density at radius 1 is 0.852 bits per heavy atom. The number of aryl methyl sites for hydroxylation is 4. The zero-order valence-electron chi connectivity index (χ0n) is 15.8. The number of nitrogens with zero attached hydrogens (tertiary/aromatic N) is 6. The van der Waals surface area contributed by atoms with Crippen LogP contribution in [0.25, 0.3) is 22.5 Å². The van der Waals surface area contributed by atoms with Crippen molar-refractivity contribution in [2.75, 3.05) is 0 Å². The van der Waals surface area contributed by atoms with Gasteiger partial charge in [0, 0.05) is 37.6 Å². The summed E-state index contributed by atoms with van der Waals surface area (Å²) in [6.45, 7) is 4.51. The van der Waals surface area contributed by atoms with E-state index in [1.165, 1.54) is 12.1 Å². The maximum Gasteiger partial charge on any atom is 0.123 e. The molecule has 0 spiro atoms. The lowest BCUT2D eigenvalue weighted by Gasteiger charge is -2.07. The molecule has 3 heterocycles. The van der Waals surface area contributed by atoms with E-state index in [2.05, 4.69) is 16.3 Å². The minimum absolute atomic E-state index is 0.241. The zero-order chi connectivity index (χ0) is 19.1. The average Bonchev–Trinajstić information content (AvgIpc) is 3.26. The summed E-state index contributed by atoms with van der Waals surface area (Å²) in [6.07, 6.45) is 3.97. The van der Waals surface area contributed by atoms with E-state index in [4.69, 9.17) is 5.10 Å². The molecule has 7 heteroatoms. The van der Waals surface area contributed by atoms with Crippen molar-refractivity contribution >= 4 is 0 Å². The van der Waals surface area contributed by atoms with Crippen LogP contribution < -0.4 is 0 Å². The molecule has 138 valence electrons. The minimum Gasteiger partial charge on any atom is -0.275 e. The number of hydrogen-bond donors (Lipinski definition) is 0. The maximum absolute atomic E-state index is 13.3. The highest BCUT2D eigenvalue weighted by molar-refractivity contribution is 5.70. The smallest absolute Gasteiger partial charge is 0.123 e. The van der Waals surface area contributed by atoms with Crippen molar-refractivity contribution in [2.45, 2.75) is 20.4 Å². The predicted octanol–water partition coefficient (Wildman–Crippen LogP) is 3.49. The summed E-state index contributed by atoms with van der Waals surface area (Å²) >= 11 is 0. The fraction of sp³-hybridized carbons (Fsp3) is 0.250. The van der Waals surface area contributed by atoms with E-state index in [1.807, 2.05) is 45.0 Å². The van der Waals surface area contributed by atoms with Gasteiger partial charge in [0.1, 0.15) is 5.82 Å². The molecule has 0 N–H and O–H groups in total. The number of hydrogen-bond acceptors (Lipinski definition) is 3. The van der Waals surface area contributed by atoms with Gasteiger partial charge in [0.05, 0.1) is 29.3 Å². The first kappa shape index (κ1) is 17.2. The highest BCUT2D eigenvalue weighted by atomic mass is 19.1. The van der Waals surface area contributed by atoms with Crippen molar-refractivity contribution in [3.8, 4) is 22.5 Å². The van der Waals surface area contributed by atoms with E-state index in [0.29, 0.717) is 6.54 Å². The SMILES string of the molecule is Cc1nn(C)cc1-c1cc(-c2cn(C)nc2C)n(Cc2ccc(F)cc2)n1. The molecule has 0 atom stereocenters. The average molecular weight is 364 g/mol. The van der Waals surface area contributed by atoms with Crippen molar-refractivity contribution in [3.63, 3.8) is 0 Å². The van der Waals surface area contributed by atoms with Crippen LogP contribution in [0.4, 0.5) is 4.39 Å². The molecular formula is C20H21FN6. The van der Waals surface area contributed by atoms with E-state index in [1.54, 1.807) is 21.5 Å². The third kappa shape index (κ3) is 3.28. The Morgan fingerprint density at radius 3 is 2.00 bits per heavy atom. The quantitative estimate of drug-likeness (QED) is 0.557. The molecule has 0 aliphatic heterocycles. The summed E-state index contributed by atoms with van der Waals surface area (Å²) in [5, 5.41) is 13.7. The minimum atomic E-state index is -0.241. The molecule has 0 fully saturated rings. The van der Waals surface area contributed by atoms with Crippen molar-refractivity contribution < 1.29 is 4.39 Å². The van der Waals surface area contributed by atoms with Crippen LogP contribution >= 0.6 is 0 Å². The molecule has 3 aromatic heterocycles. The van der Waals surface area contributed by atoms with Gasteiger partial charge in [-0.25, -0.2) is 4.39 Å². The summed E-state index contributed by atoms with van der Waals surface area (Å²) in [4.78, 5) is 0. The van der Waals surface area contributed by atoms with Crippen molar-refractivity contribution in [1.29, 1.82) is 0 Å². The van der Waals surface area contributed by atoms with Crippen LogP contribution in [0.15, 0.2) is 42.7 Å².